The molecule has 1 heterocycles. The Kier molecular flexibility index (Phi) is 2.81. The molecular formula is C14H21N3. The molecule has 2 N–H and O–H groups in total. The highest BCUT2D eigenvalue weighted by molar-refractivity contribution is 5.59. The van der Waals surface area contributed by atoms with Gasteiger partial charge < -0.3 is 15.5 Å². The van der Waals surface area contributed by atoms with Crippen LogP contribution in [0.4, 0.5) is 5.69 Å². The van der Waals surface area contributed by atoms with Gasteiger partial charge in [-0.2, -0.15) is 0 Å². The Bertz CT molecular complexity index is 408. The number of piperazine rings is 1. The van der Waals surface area contributed by atoms with Gasteiger partial charge in [0.2, 0.25) is 0 Å². The number of nitrogens with zero attached hydrogens (tertiary/aromatic N) is 2. The molecule has 1 saturated heterocycles. The fourth-order valence-electron chi connectivity index (χ4n) is 3.01. The fourth-order valence-corrected chi connectivity index (χ4v) is 3.01. The molecule has 1 unspecified atom stereocenters. The first-order valence-corrected chi connectivity index (χ1v) is 6.56. The molecule has 0 saturated carbocycles. The average molecular weight is 231 g/mol. The van der Waals surface area contributed by atoms with E-state index in [0.717, 1.165) is 39.0 Å². The topological polar surface area (TPSA) is 32.5 Å². The lowest BCUT2D eigenvalue weighted by Gasteiger charge is -2.35. The third kappa shape index (κ3) is 1.94. The molecule has 1 fully saturated rings. The average Bonchev–Trinajstić information content (AvgIpc) is 2.73. The first kappa shape index (κ1) is 11.1. The van der Waals surface area contributed by atoms with E-state index in [1.807, 2.05) is 0 Å². The van der Waals surface area contributed by atoms with Crippen LogP contribution in [0, 0.1) is 0 Å². The molecule has 3 rings (SSSR count). The Morgan fingerprint density at radius 1 is 1.18 bits per heavy atom. The SMILES string of the molecule is CN1CCN(c2cccc3c2CCC3N)CC1. The molecular weight excluding hydrogens is 210 g/mol. The maximum Gasteiger partial charge on any atom is 0.0403 e. The number of hydrogen-bond donors (Lipinski definition) is 1. The van der Waals surface area contributed by atoms with Crippen molar-refractivity contribution in [3.63, 3.8) is 0 Å². The second-order valence-corrected chi connectivity index (χ2v) is 5.28. The van der Waals surface area contributed by atoms with Crippen molar-refractivity contribution in [3.8, 4) is 0 Å². The van der Waals surface area contributed by atoms with Crippen molar-refractivity contribution in [2.45, 2.75) is 18.9 Å². The van der Waals surface area contributed by atoms with Crippen LogP contribution in [0.15, 0.2) is 18.2 Å². The van der Waals surface area contributed by atoms with E-state index in [2.05, 4.69) is 35.0 Å². The minimum atomic E-state index is 0.261. The van der Waals surface area contributed by atoms with Gasteiger partial charge in [0.1, 0.15) is 0 Å². The zero-order chi connectivity index (χ0) is 11.8. The zero-order valence-corrected chi connectivity index (χ0v) is 10.5. The number of likely N-dealkylation sites (N-methyl/N-ethyl adjacent to an activating group) is 1. The van der Waals surface area contributed by atoms with Gasteiger partial charge in [-0.3, -0.25) is 0 Å². The van der Waals surface area contributed by atoms with Crippen LogP contribution in [0.3, 0.4) is 0 Å². The third-order valence-electron chi connectivity index (χ3n) is 4.14. The molecule has 0 bridgehead atoms. The van der Waals surface area contributed by atoms with Crippen LogP contribution in [0.25, 0.3) is 0 Å². The van der Waals surface area contributed by atoms with Crippen molar-refractivity contribution in [2.24, 2.45) is 5.73 Å². The Hall–Kier alpha value is -1.06. The summed E-state index contributed by atoms with van der Waals surface area (Å²) in [6.45, 7) is 4.61. The Morgan fingerprint density at radius 2 is 1.94 bits per heavy atom. The summed E-state index contributed by atoms with van der Waals surface area (Å²) in [5, 5.41) is 0. The van der Waals surface area contributed by atoms with Gasteiger partial charge >= 0.3 is 0 Å². The highest BCUT2D eigenvalue weighted by Crippen LogP contribution is 2.36. The summed E-state index contributed by atoms with van der Waals surface area (Å²) >= 11 is 0. The number of fused-ring (bicyclic) bond motifs is 1. The first-order valence-electron chi connectivity index (χ1n) is 6.56. The highest BCUT2D eigenvalue weighted by atomic mass is 15.2. The lowest BCUT2D eigenvalue weighted by atomic mass is 10.1. The Morgan fingerprint density at radius 3 is 2.71 bits per heavy atom. The van der Waals surface area contributed by atoms with Gasteiger partial charge in [-0.1, -0.05) is 12.1 Å². The van der Waals surface area contributed by atoms with Crippen LogP contribution >= 0.6 is 0 Å². The molecule has 1 aliphatic heterocycles. The molecule has 0 radical (unpaired) electrons. The van der Waals surface area contributed by atoms with Crippen LogP contribution in [-0.2, 0) is 6.42 Å². The monoisotopic (exact) mass is 231 g/mol. The van der Waals surface area contributed by atoms with Gasteiger partial charge in [-0.25, -0.2) is 0 Å². The van der Waals surface area contributed by atoms with E-state index in [-0.39, 0.29) is 6.04 Å². The van der Waals surface area contributed by atoms with Crippen LogP contribution in [0.5, 0.6) is 0 Å². The molecule has 1 aliphatic carbocycles. The molecule has 1 aromatic carbocycles. The van der Waals surface area contributed by atoms with Crippen molar-refractivity contribution in [3.05, 3.63) is 29.3 Å². The van der Waals surface area contributed by atoms with Crippen molar-refractivity contribution in [1.82, 2.24) is 4.90 Å². The number of hydrogen-bond acceptors (Lipinski definition) is 3. The van der Waals surface area contributed by atoms with E-state index in [1.165, 1.54) is 16.8 Å². The minimum absolute atomic E-state index is 0.261. The van der Waals surface area contributed by atoms with E-state index < -0.39 is 0 Å². The molecule has 1 aromatic rings. The van der Waals surface area contributed by atoms with Crippen molar-refractivity contribution in [2.75, 3.05) is 38.1 Å². The number of rotatable bonds is 1. The van der Waals surface area contributed by atoms with Gasteiger partial charge in [0.25, 0.3) is 0 Å². The number of anilines is 1. The molecule has 3 nitrogen and oxygen atoms in total. The van der Waals surface area contributed by atoms with Gasteiger partial charge in [-0.05, 0) is 37.1 Å². The molecule has 1 atom stereocenters. The molecule has 17 heavy (non-hydrogen) atoms. The predicted molar refractivity (Wildman–Crippen MR) is 71.4 cm³/mol. The van der Waals surface area contributed by atoms with E-state index in [4.69, 9.17) is 5.73 Å². The summed E-state index contributed by atoms with van der Waals surface area (Å²) in [6.07, 6.45) is 2.26. The lowest BCUT2D eigenvalue weighted by molar-refractivity contribution is 0.312. The summed E-state index contributed by atoms with van der Waals surface area (Å²) in [7, 11) is 2.20. The fraction of sp³-hybridized carbons (Fsp3) is 0.571. The summed E-state index contributed by atoms with van der Waals surface area (Å²) in [6, 6.07) is 6.89. The molecule has 0 aromatic heterocycles. The van der Waals surface area contributed by atoms with E-state index >= 15 is 0 Å². The van der Waals surface area contributed by atoms with E-state index in [0.29, 0.717) is 0 Å². The summed E-state index contributed by atoms with van der Waals surface area (Å²) in [5.74, 6) is 0. The van der Waals surface area contributed by atoms with Gasteiger partial charge in [-0.15, -0.1) is 0 Å². The smallest absolute Gasteiger partial charge is 0.0403 e. The molecule has 3 heteroatoms. The largest absolute Gasteiger partial charge is 0.369 e. The predicted octanol–water partition coefficient (Wildman–Crippen LogP) is 1.38. The normalized spacial score (nSPS) is 25.1. The lowest BCUT2D eigenvalue weighted by Crippen LogP contribution is -2.44. The quantitative estimate of drug-likeness (QED) is 0.792. The van der Waals surface area contributed by atoms with Gasteiger partial charge in [0, 0.05) is 37.9 Å². The standard InChI is InChI=1S/C14H21N3/c1-16-7-9-17(10-8-16)14-4-2-3-11-12(14)5-6-13(11)15/h2-4,13H,5-10,15H2,1H3. The van der Waals surface area contributed by atoms with Crippen LogP contribution < -0.4 is 10.6 Å². The van der Waals surface area contributed by atoms with E-state index in [1.54, 1.807) is 0 Å². The molecule has 92 valence electrons. The molecule has 2 aliphatic rings. The maximum atomic E-state index is 6.14. The van der Waals surface area contributed by atoms with Crippen LogP contribution in [0.1, 0.15) is 23.6 Å². The number of nitrogens with two attached hydrogens (primary N) is 1. The Labute approximate surface area is 103 Å². The summed E-state index contributed by atoms with van der Waals surface area (Å²) in [5.41, 5.74) is 10.5. The second-order valence-electron chi connectivity index (χ2n) is 5.28. The van der Waals surface area contributed by atoms with Crippen LogP contribution in [0.2, 0.25) is 0 Å². The van der Waals surface area contributed by atoms with Crippen molar-refractivity contribution in [1.29, 1.82) is 0 Å². The molecule has 0 spiro atoms. The first-order chi connectivity index (χ1) is 8.25. The van der Waals surface area contributed by atoms with Crippen molar-refractivity contribution >= 4 is 5.69 Å². The Balaban J connectivity index is 1.89. The van der Waals surface area contributed by atoms with Crippen molar-refractivity contribution < 1.29 is 0 Å². The summed E-state index contributed by atoms with van der Waals surface area (Å²) in [4.78, 5) is 4.92. The highest BCUT2D eigenvalue weighted by Gasteiger charge is 2.24. The molecule has 0 amide bonds. The zero-order valence-electron chi connectivity index (χ0n) is 10.5. The van der Waals surface area contributed by atoms with Gasteiger partial charge in [0.05, 0.1) is 0 Å². The summed E-state index contributed by atoms with van der Waals surface area (Å²) < 4.78 is 0. The van der Waals surface area contributed by atoms with Gasteiger partial charge in [0.15, 0.2) is 0 Å². The van der Waals surface area contributed by atoms with Crippen LogP contribution in [-0.4, -0.2) is 38.1 Å². The third-order valence-corrected chi connectivity index (χ3v) is 4.14. The number of benzene rings is 1. The van der Waals surface area contributed by atoms with E-state index in [9.17, 15) is 0 Å². The second kappa shape index (κ2) is 4.31. The minimum Gasteiger partial charge on any atom is -0.369 e. The maximum absolute atomic E-state index is 6.14.